The van der Waals surface area contributed by atoms with Crippen molar-refractivity contribution in [2.24, 2.45) is 0 Å². The fourth-order valence-electron chi connectivity index (χ4n) is 2.54. The molecule has 2 heterocycles. The summed E-state index contributed by atoms with van der Waals surface area (Å²) in [7, 11) is 0. The van der Waals surface area contributed by atoms with Crippen LogP contribution in [-0.4, -0.2) is 29.3 Å². The van der Waals surface area contributed by atoms with E-state index in [1.165, 1.54) is 16.9 Å². The highest BCUT2D eigenvalue weighted by molar-refractivity contribution is 7.15. The van der Waals surface area contributed by atoms with E-state index < -0.39 is 0 Å². The predicted octanol–water partition coefficient (Wildman–Crippen LogP) is 3.70. The van der Waals surface area contributed by atoms with Crippen molar-refractivity contribution in [1.29, 1.82) is 0 Å². The van der Waals surface area contributed by atoms with Gasteiger partial charge in [0.2, 0.25) is 5.13 Å². The van der Waals surface area contributed by atoms with Crippen LogP contribution in [0.5, 0.6) is 5.75 Å². The Balaban J connectivity index is 1.49. The zero-order chi connectivity index (χ0) is 17.9. The van der Waals surface area contributed by atoms with E-state index >= 15 is 0 Å². The lowest BCUT2D eigenvalue weighted by atomic mass is 9.87. The van der Waals surface area contributed by atoms with E-state index in [0.29, 0.717) is 10.9 Å². The first-order valence-electron chi connectivity index (χ1n) is 8.40. The monoisotopic (exact) mass is 361 g/mol. The van der Waals surface area contributed by atoms with Gasteiger partial charge in [0.25, 0.3) is 5.91 Å². The summed E-state index contributed by atoms with van der Waals surface area (Å²) in [5, 5.41) is 12.1. The number of rotatable bonds is 5. The maximum Gasteiger partial charge on any atom is 0.264 e. The third-order valence-electron chi connectivity index (χ3n) is 3.98. The molecule has 1 aromatic carbocycles. The number of nitrogens with one attached hydrogen (secondary N) is 1. The number of carbonyl (C=O) groups is 1. The number of benzene rings is 1. The zero-order valence-corrected chi connectivity index (χ0v) is 15.6. The molecule has 1 saturated heterocycles. The summed E-state index contributed by atoms with van der Waals surface area (Å²) in [4.78, 5) is 12.0. The fourth-order valence-corrected chi connectivity index (χ4v) is 3.39. The van der Waals surface area contributed by atoms with Gasteiger partial charge in [-0.2, -0.15) is 0 Å². The van der Waals surface area contributed by atoms with Crippen LogP contribution < -0.4 is 10.1 Å². The molecule has 0 saturated carbocycles. The second-order valence-corrected chi connectivity index (χ2v) is 8.07. The highest BCUT2D eigenvalue weighted by Crippen LogP contribution is 2.31. The molecule has 1 fully saturated rings. The molecule has 25 heavy (non-hydrogen) atoms. The van der Waals surface area contributed by atoms with Crippen molar-refractivity contribution in [1.82, 2.24) is 10.2 Å². The summed E-state index contributed by atoms with van der Waals surface area (Å²) in [6.45, 7) is 7.16. The first kappa shape index (κ1) is 17.8. The van der Waals surface area contributed by atoms with E-state index in [0.717, 1.165) is 24.5 Å². The molecule has 3 rings (SSSR count). The average molecular weight is 361 g/mol. The first-order chi connectivity index (χ1) is 11.9. The van der Waals surface area contributed by atoms with Crippen LogP contribution >= 0.6 is 11.3 Å². The van der Waals surface area contributed by atoms with Crippen LogP contribution in [0.15, 0.2) is 24.3 Å². The molecule has 1 amide bonds. The number of ether oxygens (including phenoxy) is 2. The van der Waals surface area contributed by atoms with Crippen molar-refractivity contribution >= 4 is 22.4 Å². The molecule has 0 radical (unpaired) electrons. The van der Waals surface area contributed by atoms with Gasteiger partial charge in [-0.3, -0.25) is 10.1 Å². The first-order valence-corrected chi connectivity index (χ1v) is 9.22. The molecule has 0 aliphatic carbocycles. The largest absolute Gasteiger partial charge is 0.484 e. The van der Waals surface area contributed by atoms with E-state index in [1.54, 1.807) is 0 Å². The molecule has 2 aromatic rings. The highest BCUT2D eigenvalue weighted by atomic mass is 32.1. The Morgan fingerprint density at radius 3 is 2.72 bits per heavy atom. The fraction of sp³-hybridized carbons (Fsp3) is 0.500. The van der Waals surface area contributed by atoms with Crippen LogP contribution in [0.3, 0.4) is 0 Å². The maximum atomic E-state index is 12.0. The molecule has 134 valence electrons. The summed E-state index contributed by atoms with van der Waals surface area (Å²) >= 11 is 1.35. The number of carbonyl (C=O) groups excluding carboxylic acids is 1. The molecule has 0 spiro atoms. The smallest absolute Gasteiger partial charge is 0.264 e. The Hall–Kier alpha value is -1.99. The van der Waals surface area contributed by atoms with Crippen LogP contribution in [0.1, 0.15) is 50.3 Å². The minimum atomic E-state index is -0.255. The van der Waals surface area contributed by atoms with Gasteiger partial charge in [0.1, 0.15) is 16.9 Å². The van der Waals surface area contributed by atoms with Gasteiger partial charge < -0.3 is 9.47 Å². The molecule has 1 N–H and O–H groups in total. The SMILES string of the molecule is CC(C)(C)c1ccc(OCC(=O)Nc2nnc(C3CCCO3)s2)cc1. The number of hydrogen-bond donors (Lipinski definition) is 1. The molecular formula is C18H23N3O3S. The second kappa shape index (κ2) is 7.49. The molecular weight excluding hydrogens is 338 g/mol. The van der Waals surface area contributed by atoms with Gasteiger partial charge in [-0.15, -0.1) is 10.2 Å². The lowest BCUT2D eigenvalue weighted by molar-refractivity contribution is -0.118. The summed E-state index contributed by atoms with van der Waals surface area (Å²) < 4.78 is 11.1. The number of aromatic nitrogens is 2. The van der Waals surface area contributed by atoms with Gasteiger partial charge in [0.15, 0.2) is 6.61 Å². The van der Waals surface area contributed by atoms with Crippen LogP contribution in [-0.2, 0) is 14.9 Å². The summed E-state index contributed by atoms with van der Waals surface area (Å²) in [5.41, 5.74) is 1.31. The lowest BCUT2D eigenvalue weighted by Gasteiger charge is -2.19. The predicted molar refractivity (Wildman–Crippen MR) is 97.1 cm³/mol. The van der Waals surface area contributed by atoms with Gasteiger partial charge in [-0.25, -0.2) is 0 Å². The normalized spacial score (nSPS) is 17.5. The third-order valence-corrected chi connectivity index (χ3v) is 4.91. The Kier molecular flexibility index (Phi) is 5.34. The second-order valence-electron chi connectivity index (χ2n) is 7.06. The molecule has 6 nitrogen and oxygen atoms in total. The van der Waals surface area contributed by atoms with E-state index in [9.17, 15) is 4.79 Å². The molecule has 1 aliphatic rings. The van der Waals surface area contributed by atoms with Crippen molar-refractivity contribution in [2.75, 3.05) is 18.5 Å². The van der Waals surface area contributed by atoms with E-state index in [2.05, 4.69) is 36.3 Å². The molecule has 1 atom stereocenters. The number of anilines is 1. The topological polar surface area (TPSA) is 73.3 Å². The van der Waals surface area contributed by atoms with E-state index in [4.69, 9.17) is 9.47 Å². The van der Waals surface area contributed by atoms with Gasteiger partial charge in [0, 0.05) is 6.61 Å². The molecule has 1 unspecified atom stereocenters. The third kappa shape index (κ3) is 4.76. The van der Waals surface area contributed by atoms with Crippen LogP contribution in [0.2, 0.25) is 0 Å². The highest BCUT2D eigenvalue weighted by Gasteiger charge is 2.22. The standard InChI is InChI=1S/C18H23N3O3S/c1-18(2,3)12-6-8-13(9-7-12)24-11-15(22)19-17-21-20-16(25-17)14-5-4-10-23-14/h6-9,14H,4-5,10-11H2,1-3H3,(H,19,21,22). The minimum Gasteiger partial charge on any atom is -0.484 e. The Labute approximate surface area is 151 Å². The summed E-state index contributed by atoms with van der Waals surface area (Å²) in [5.74, 6) is 0.412. The number of nitrogens with zero attached hydrogens (tertiary/aromatic N) is 2. The average Bonchev–Trinajstić information content (AvgIpc) is 3.23. The molecule has 1 aromatic heterocycles. The van der Waals surface area contributed by atoms with Crippen molar-refractivity contribution in [3.63, 3.8) is 0 Å². The van der Waals surface area contributed by atoms with Crippen molar-refractivity contribution in [3.05, 3.63) is 34.8 Å². The van der Waals surface area contributed by atoms with Gasteiger partial charge in [-0.1, -0.05) is 44.2 Å². The Bertz CT molecular complexity index is 716. The number of amides is 1. The molecule has 7 heteroatoms. The number of hydrogen-bond acceptors (Lipinski definition) is 6. The van der Waals surface area contributed by atoms with E-state index in [1.807, 2.05) is 24.3 Å². The van der Waals surface area contributed by atoms with Crippen molar-refractivity contribution in [3.8, 4) is 5.75 Å². The lowest BCUT2D eigenvalue weighted by Crippen LogP contribution is -2.20. The van der Waals surface area contributed by atoms with Crippen LogP contribution in [0.4, 0.5) is 5.13 Å². The minimum absolute atomic E-state index is 0.0146. The van der Waals surface area contributed by atoms with Crippen LogP contribution in [0.25, 0.3) is 0 Å². The zero-order valence-electron chi connectivity index (χ0n) is 14.7. The van der Waals surface area contributed by atoms with Crippen LogP contribution in [0, 0.1) is 0 Å². The molecule has 1 aliphatic heterocycles. The summed E-state index contributed by atoms with van der Waals surface area (Å²) in [6.07, 6.45) is 2.00. The summed E-state index contributed by atoms with van der Waals surface area (Å²) in [6, 6.07) is 7.81. The van der Waals surface area contributed by atoms with Crippen molar-refractivity contribution in [2.45, 2.75) is 45.1 Å². The van der Waals surface area contributed by atoms with Gasteiger partial charge in [0.05, 0.1) is 0 Å². The van der Waals surface area contributed by atoms with Gasteiger partial charge in [-0.05, 0) is 36.0 Å². The maximum absolute atomic E-state index is 12.0. The molecule has 0 bridgehead atoms. The Morgan fingerprint density at radius 1 is 1.32 bits per heavy atom. The Morgan fingerprint density at radius 2 is 2.08 bits per heavy atom. The quantitative estimate of drug-likeness (QED) is 0.879. The van der Waals surface area contributed by atoms with E-state index in [-0.39, 0.29) is 24.0 Å². The van der Waals surface area contributed by atoms with Gasteiger partial charge >= 0.3 is 0 Å². The van der Waals surface area contributed by atoms with Crippen molar-refractivity contribution < 1.29 is 14.3 Å².